The van der Waals surface area contributed by atoms with Gasteiger partial charge in [-0.15, -0.1) is 0 Å². The van der Waals surface area contributed by atoms with Gasteiger partial charge in [-0.25, -0.2) is 14.8 Å². The molecule has 2 aromatic rings. The van der Waals surface area contributed by atoms with E-state index >= 15 is 0 Å². The second-order valence-electron chi connectivity index (χ2n) is 4.13. The number of nitrogens with two attached hydrogens (primary N) is 1. The van der Waals surface area contributed by atoms with E-state index in [-0.39, 0.29) is 29.2 Å². The quantitative estimate of drug-likeness (QED) is 0.466. The molecular formula is C11H13N5O5. The van der Waals surface area contributed by atoms with Crippen LogP contribution in [-0.4, -0.2) is 46.1 Å². The van der Waals surface area contributed by atoms with E-state index in [2.05, 4.69) is 29.4 Å². The van der Waals surface area contributed by atoms with Crippen LogP contribution in [0.25, 0.3) is 11.2 Å². The maximum Gasteiger partial charge on any atom is 0.325 e. The van der Waals surface area contributed by atoms with Gasteiger partial charge in [0.25, 0.3) is 0 Å². The highest BCUT2D eigenvalue weighted by atomic mass is 16.5. The molecule has 10 heteroatoms. The summed E-state index contributed by atoms with van der Waals surface area (Å²) in [6, 6.07) is 0. The fraction of sp³-hybridized carbons (Fsp3) is 0.364. The van der Waals surface area contributed by atoms with Gasteiger partial charge in [0.05, 0.1) is 14.2 Å². The summed E-state index contributed by atoms with van der Waals surface area (Å²) in [4.78, 5) is 47.2. The minimum atomic E-state index is -1.21. The van der Waals surface area contributed by atoms with Gasteiger partial charge in [-0.2, -0.15) is 0 Å². The third kappa shape index (κ3) is 2.83. The van der Waals surface area contributed by atoms with Crippen LogP contribution in [0, 0.1) is 5.92 Å². The number of aromatic nitrogens is 4. The van der Waals surface area contributed by atoms with Crippen LogP contribution in [0.1, 0.15) is 5.82 Å². The SMILES string of the molecule is COC(=O)C(Cc1nc(N)c2[nH]c(=O)[nH]c2n1)C(=O)OC. The molecule has 4 N–H and O–H groups in total. The predicted molar refractivity (Wildman–Crippen MR) is 70.1 cm³/mol. The minimum Gasteiger partial charge on any atom is -0.468 e. The monoisotopic (exact) mass is 295 g/mol. The van der Waals surface area contributed by atoms with Gasteiger partial charge >= 0.3 is 17.6 Å². The number of fused-ring (bicyclic) bond motifs is 1. The van der Waals surface area contributed by atoms with E-state index < -0.39 is 23.5 Å². The van der Waals surface area contributed by atoms with Crippen LogP contribution in [0.15, 0.2) is 4.79 Å². The predicted octanol–water partition coefficient (Wildman–Crippen LogP) is -1.27. The van der Waals surface area contributed by atoms with Crippen LogP contribution >= 0.6 is 0 Å². The lowest BCUT2D eigenvalue weighted by molar-refractivity contribution is -0.158. The lowest BCUT2D eigenvalue weighted by atomic mass is 10.1. The van der Waals surface area contributed by atoms with E-state index in [0.29, 0.717) is 0 Å². The van der Waals surface area contributed by atoms with Gasteiger partial charge in [-0.3, -0.25) is 14.6 Å². The molecule has 0 atom stereocenters. The van der Waals surface area contributed by atoms with Crippen LogP contribution in [0.2, 0.25) is 0 Å². The van der Waals surface area contributed by atoms with Gasteiger partial charge in [0, 0.05) is 6.42 Å². The molecule has 112 valence electrons. The number of hydrogen-bond donors (Lipinski definition) is 3. The first kappa shape index (κ1) is 14.5. The molecule has 0 aliphatic heterocycles. The van der Waals surface area contributed by atoms with E-state index in [0.717, 1.165) is 14.2 Å². The summed E-state index contributed by atoms with van der Waals surface area (Å²) in [7, 11) is 2.31. The third-order valence-electron chi connectivity index (χ3n) is 2.81. The molecule has 21 heavy (non-hydrogen) atoms. The Bertz CT molecular complexity index is 733. The lowest BCUT2D eigenvalue weighted by Crippen LogP contribution is -2.29. The van der Waals surface area contributed by atoms with Crippen molar-refractivity contribution in [2.75, 3.05) is 20.0 Å². The van der Waals surface area contributed by atoms with Crippen molar-refractivity contribution in [3.05, 3.63) is 16.3 Å². The highest BCUT2D eigenvalue weighted by Crippen LogP contribution is 2.15. The van der Waals surface area contributed by atoms with Crippen molar-refractivity contribution in [2.45, 2.75) is 6.42 Å². The number of ether oxygens (including phenoxy) is 2. The molecule has 0 saturated heterocycles. The molecule has 10 nitrogen and oxygen atoms in total. The average molecular weight is 295 g/mol. The van der Waals surface area contributed by atoms with E-state index in [1.165, 1.54) is 0 Å². The van der Waals surface area contributed by atoms with Crippen molar-refractivity contribution in [2.24, 2.45) is 5.92 Å². The first-order valence-electron chi connectivity index (χ1n) is 5.86. The van der Waals surface area contributed by atoms with E-state index in [4.69, 9.17) is 5.73 Å². The molecule has 0 fully saturated rings. The van der Waals surface area contributed by atoms with Gasteiger partial charge in [0.15, 0.2) is 17.4 Å². The maximum absolute atomic E-state index is 11.6. The Labute approximate surface area is 117 Å². The summed E-state index contributed by atoms with van der Waals surface area (Å²) in [5.41, 5.74) is 5.66. The number of aromatic amines is 2. The maximum atomic E-state index is 11.6. The fourth-order valence-electron chi connectivity index (χ4n) is 1.81. The van der Waals surface area contributed by atoms with Crippen molar-refractivity contribution in [1.29, 1.82) is 0 Å². The topological polar surface area (TPSA) is 153 Å². The standard InChI is InChI=1S/C11H13N5O5/c1-20-9(17)4(10(18)21-2)3-5-13-7(12)6-8(14-5)16-11(19)15-6/h4H,3H2,1-2H3,(H4,12,13,14,15,16,19). The number of nitrogen functional groups attached to an aromatic ring is 1. The van der Waals surface area contributed by atoms with Crippen molar-refractivity contribution in [1.82, 2.24) is 19.9 Å². The molecule has 2 aromatic heterocycles. The van der Waals surface area contributed by atoms with Crippen LogP contribution < -0.4 is 11.4 Å². The van der Waals surface area contributed by atoms with Gasteiger partial charge in [-0.05, 0) is 0 Å². The van der Waals surface area contributed by atoms with E-state index in [1.807, 2.05) is 0 Å². The molecule has 0 spiro atoms. The molecule has 0 aromatic carbocycles. The number of nitrogens with zero attached hydrogens (tertiary/aromatic N) is 2. The Morgan fingerprint density at radius 3 is 2.38 bits per heavy atom. The number of carbonyl (C=O) groups excluding carboxylic acids is 2. The lowest BCUT2D eigenvalue weighted by Gasteiger charge is -2.11. The summed E-state index contributed by atoms with van der Waals surface area (Å²) in [6.07, 6.45) is -0.160. The fourth-order valence-corrected chi connectivity index (χ4v) is 1.81. The number of anilines is 1. The zero-order valence-electron chi connectivity index (χ0n) is 11.3. The zero-order valence-corrected chi connectivity index (χ0v) is 11.3. The number of imidazole rings is 1. The number of esters is 2. The van der Waals surface area contributed by atoms with Crippen LogP contribution in [0.3, 0.4) is 0 Å². The smallest absolute Gasteiger partial charge is 0.325 e. The molecule has 0 unspecified atom stereocenters. The summed E-state index contributed by atoms with van der Waals surface area (Å²) in [5.74, 6) is -2.61. The van der Waals surface area contributed by atoms with Crippen molar-refractivity contribution in [3.8, 4) is 0 Å². The van der Waals surface area contributed by atoms with Crippen molar-refractivity contribution in [3.63, 3.8) is 0 Å². The summed E-state index contributed by atoms with van der Waals surface area (Å²) in [5, 5.41) is 0. The summed E-state index contributed by atoms with van der Waals surface area (Å²) in [6.45, 7) is 0. The number of rotatable bonds is 4. The Morgan fingerprint density at radius 2 is 1.81 bits per heavy atom. The van der Waals surface area contributed by atoms with Gasteiger partial charge < -0.3 is 20.2 Å². The van der Waals surface area contributed by atoms with Crippen molar-refractivity contribution < 1.29 is 19.1 Å². The average Bonchev–Trinajstić information content (AvgIpc) is 2.84. The second kappa shape index (κ2) is 5.61. The van der Waals surface area contributed by atoms with Gasteiger partial charge in [0.2, 0.25) is 0 Å². The van der Waals surface area contributed by atoms with E-state index in [1.54, 1.807) is 0 Å². The molecule has 0 aliphatic rings. The number of hydrogen-bond acceptors (Lipinski definition) is 8. The highest BCUT2D eigenvalue weighted by molar-refractivity contribution is 5.95. The van der Waals surface area contributed by atoms with Gasteiger partial charge in [0.1, 0.15) is 11.3 Å². The summed E-state index contributed by atoms with van der Waals surface area (Å²) >= 11 is 0. The Kier molecular flexibility index (Phi) is 3.87. The summed E-state index contributed by atoms with van der Waals surface area (Å²) < 4.78 is 9.08. The van der Waals surface area contributed by atoms with Crippen LogP contribution in [0.4, 0.5) is 5.82 Å². The number of H-pyrrole nitrogens is 2. The Hall–Kier alpha value is -2.91. The molecular weight excluding hydrogens is 282 g/mol. The number of nitrogens with one attached hydrogen (secondary N) is 2. The Balaban J connectivity index is 2.38. The first-order valence-corrected chi connectivity index (χ1v) is 5.86. The van der Waals surface area contributed by atoms with Crippen LogP contribution in [0.5, 0.6) is 0 Å². The van der Waals surface area contributed by atoms with Crippen LogP contribution in [-0.2, 0) is 25.5 Å². The molecule has 2 rings (SSSR count). The van der Waals surface area contributed by atoms with Crippen molar-refractivity contribution >= 4 is 28.9 Å². The largest absolute Gasteiger partial charge is 0.468 e. The number of carbonyl (C=O) groups is 2. The second-order valence-corrected chi connectivity index (χ2v) is 4.13. The molecule has 0 amide bonds. The third-order valence-corrected chi connectivity index (χ3v) is 2.81. The number of methoxy groups -OCH3 is 2. The molecule has 0 saturated carbocycles. The van der Waals surface area contributed by atoms with Gasteiger partial charge in [-0.1, -0.05) is 0 Å². The minimum absolute atomic E-state index is 0.0295. The molecule has 0 bridgehead atoms. The first-order chi connectivity index (χ1) is 9.96. The zero-order chi connectivity index (χ0) is 15.6. The molecule has 0 aliphatic carbocycles. The molecule has 0 radical (unpaired) electrons. The molecule has 2 heterocycles. The van der Waals surface area contributed by atoms with E-state index in [9.17, 15) is 14.4 Å². The normalized spacial score (nSPS) is 10.8. The highest BCUT2D eigenvalue weighted by Gasteiger charge is 2.30. The Morgan fingerprint density at radius 1 is 1.19 bits per heavy atom.